The first-order chi connectivity index (χ1) is 11.5. The van der Waals surface area contributed by atoms with E-state index in [1.54, 1.807) is 28.8 Å². The second-order valence-electron chi connectivity index (χ2n) is 5.28. The second-order valence-corrected chi connectivity index (χ2v) is 7.48. The molecule has 1 unspecified atom stereocenters. The lowest BCUT2D eigenvalue weighted by Gasteiger charge is -2.25. The third kappa shape index (κ3) is 3.88. The Labute approximate surface area is 154 Å². The lowest BCUT2D eigenvalue weighted by atomic mass is 10.3. The van der Waals surface area contributed by atoms with E-state index in [1.807, 2.05) is 30.3 Å². The summed E-state index contributed by atoms with van der Waals surface area (Å²) >= 11 is 13.1. The van der Waals surface area contributed by atoms with E-state index in [9.17, 15) is 4.39 Å². The molecule has 0 saturated heterocycles. The Morgan fingerprint density at radius 2 is 2.08 bits per heavy atom. The number of hydrogen-bond acceptors (Lipinski definition) is 3. The van der Waals surface area contributed by atoms with Crippen LogP contribution in [0.25, 0.3) is 0 Å². The highest BCUT2D eigenvalue weighted by atomic mass is 35.5. The number of thioether (sulfide) groups is 1. The maximum absolute atomic E-state index is 13.5. The summed E-state index contributed by atoms with van der Waals surface area (Å²) in [4.78, 5) is 6.34. The van der Waals surface area contributed by atoms with E-state index < -0.39 is 5.82 Å². The van der Waals surface area contributed by atoms with E-state index in [0.717, 1.165) is 17.4 Å². The molecule has 0 radical (unpaired) electrons. The minimum atomic E-state index is -0.461. The molecule has 1 heterocycles. The van der Waals surface area contributed by atoms with Crippen molar-refractivity contribution < 1.29 is 4.39 Å². The summed E-state index contributed by atoms with van der Waals surface area (Å²) in [5.41, 5.74) is 1.55. The van der Waals surface area contributed by atoms with Gasteiger partial charge in [-0.25, -0.2) is 4.39 Å². The van der Waals surface area contributed by atoms with Gasteiger partial charge in [-0.3, -0.25) is 9.89 Å². The van der Waals surface area contributed by atoms with Gasteiger partial charge in [0.15, 0.2) is 10.3 Å². The number of halogens is 2. The van der Waals surface area contributed by atoms with Crippen molar-refractivity contribution in [3.63, 3.8) is 0 Å². The quantitative estimate of drug-likeness (QED) is 0.728. The van der Waals surface area contributed by atoms with Crippen molar-refractivity contribution in [3.05, 3.63) is 59.4 Å². The Morgan fingerprint density at radius 3 is 2.71 bits per heavy atom. The predicted molar refractivity (Wildman–Crippen MR) is 106 cm³/mol. The van der Waals surface area contributed by atoms with Crippen LogP contribution >= 0.6 is 35.6 Å². The van der Waals surface area contributed by atoms with Crippen LogP contribution < -0.4 is 10.2 Å². The zero-order chi connectivity index (χ0) is 17.1. The van der Waals surface area contributed by atoms with Gasteiger partial charge < -0.3 is 5.32 Å². The minimum absolute atomic E-state index is 0.0525. The molecule has 0 aliphatic carbocycles. The van der Waals surface area contributed by atoms with E-state index >= 15 is 0 Å². The fraction of sp³-hybridized carbons (Fsp3) is 0.176. The monoisotopic (exact) mass is 379 g/mol. The summed E-state index contributed by atoms with van der Waals surface area (Å²) in [6.07, 6.45) is 0. The molecule has 3 nitrogen and oxygen atoms in total. The average molecular weight is 380 g/mol. The Balaban J connectivity index is 1.92. The average Bonchev–Trinajstić information content (AvgIpc) is 2.98. The summed E-state index contributed by atoms with van der Waals surface area (Å²) in [5, 5.41) is 4.86. The maximum atomic E-state index is 13.5. The van der Waals surface area contributed by atoms with Crippen LogP contribution in [0, 0.1) is 5.82 Å². The van der Waals surface area contributed by atoms with Gasteiger partial charge in [0.1, 0.15) is 5.82 Å². The SMILES string of the molecule is CC1CN=C(N(C(=S)Nc2ccccc2)c2ccc(F)c(Cl)c2)S1. The first-order valence-corrected chi connectivity index (χ1v) is 9.03. The Kier molecular flexibility index (Phi) is 5.38. The van der Waals surface area contributed by atoms with Crippen LogP contribution in [-0.2, 0) is 0 Å². The van der Waals surface area contributed by atoms with Crippen LogP contribution in [0.15, 0.2) is 53.5 Å². The van der Waals surface area contributed by atoms with Crippen LogP contribution in [0.5, 0.6) is 0 Å². The van der Waals surface area contributed by atoms with Gasteiger partial charge in [0.05, 0.1) is 17.3 Å². The standard InChI is InChI=1S/C17H15ClFN3S2/c1-11-10-20-17(24-11)22(13-7-8-15(19)14(18)9-13)16(23)21-12-5-3-2-4-6-12/h2-9,11H,10H2,1H3,(H,21,23). The maximum Gasteiger partial charge on any atom is 0.184 e. The number of rotatable bonds is 2. The predicted octanol–water partition coefficient (Wildman–Crippen LogP) is 5.17. The molecule has 2 aromatic rings. The normalized spacial score (nSPS) is 16.6. The van der Waals surface area contributed by atoms with Crippen LogP contribution in [0.4, 0.5) is 15.8 Å². The highest BCUT2D eigenvalue weighted by molar-refractivity contribution is 8.15. The molecule has 0 bridgehead atoms. The number of hydrogen-bond donors (Lipinski definition) is 1. The number of anilines is 2. The topological polar surface area (TPSA) is 27.6 Å². The number of para-hydroxylation sites is 1. The molecule has 0 amide bonds. The van der Waals surface area contributed by atoms with Crippen LogP contribution in [-0.4, -0.2) is 22.1 Å². The molecular weight excluding hydrogens is 365 g/mol. The fourth-order valence-electron chi connectivity index (χ4n) is 2.22. The Morgan fingerprint density at radius 1 is 1.33 bits per heavy atom. The molecule has 1 aliphatic heterocycles. The Hall–Kier alpha value is -1.63. The zero-order valence-corrected chi connectivity index (χ0v) is 15.3. The molecule has 2 aromatic carbocycles. The largest absolute Gasteiger partial charge is 0.332 e. The molecule has 1 N–H and O–H groups in total. The minimum Gasteiger partial charge on any atom is -0.332 e. The smallest absolute Gasteiger partial charge is 0.184 e. The molecule has 124 valence electrons. The number of thiocarbonyl (C=S) groups is 1. The molecule has 3 rings (SSSR count). The third-order valence-corrected chi connectivity index (χ3v) is 5.02. The van der Waals surface area contributed by atoms with Gasteiger partial charge in [0.25, 0.3) is 0 Å². The van der Waals surface area contributed by atoms with E-state index in [4.69, 9.17) is 23.8 Å². The van der Waals surface area contributed by atoms with Crippen LogP contribution in [0.1, 0.15) is 6.92 Å². The lowest BCUT2D eigenvalue weighted by molar-refractivity contribution is 0.628. The van der Waals surface area contributed by atoms with Crippen molar-refractivity contribution in [2.45, 2.75) is 12.2 Å². The molecule has 0 aromatic heterocycles. The van der Waals surface area contributed by atoms with Gasteiger partial charge in [-0.15, -0.1) is 0 Å². The van der Waals surface area contributed by atoms with Gasteiger partial charge in [-0.05, 0) is 42.5 Å². The van der Waals surface area contributed by atoms with Crippen molar-refractivity contribution in [2.24, 2.45) is 4.99 Å². The van der Waals surface area contributed by atoms with Crippen molar-refractivity contribution in [3.8, 4) is 0 Å². The number of benzene rings is 2. The summed E-state index contributed by atoms with van der Waals surface area (Å²) < 4.78 is 13.5. The number of nitrogens with zero attached hydrogens (tertiary/aromatic N) is 2. The number of aliphatic imine (C=N–C) groups is 1. The molecule has 1 aliphatic rings. The third-order valence-electron chi connectivity index (χ3n) is 3.37. The van der Waals surface area contributed by atoms with Crippen molar-refractivity contribution in [1.29, 1.82) is 0 Å². The number of nitrogens with one attached hydrogen (secondary N) is 1. The van der Waals surface area contributed by atoms with Gasteiger partial charge in [-0.1, -0.05) is 48.5 Å². The molecule has 0 spiro atoms. The Bertz CT molecular complexity index is 783. The molecule has 7 heteroatoms. The van der Waals surface area contributed by atoms with E-state index in [2.05, 4.69) is 17.2 Å². The first kappa shape index (κ1) is 17.2. The van der Waals surface area contributed by atoms with Gasteiger partial charge in [0.2, 0.25) is 0 Å². The fourth-order valence-corrected chi connectivity index (χ4v) is 3.73. The summed E-state index contributed by atoms with van der Waals surface area (Å²) in [7, 11) is 0. The molecule has 24 heavy (non-hydrogen) atoms. The molecular formula is C17H15ClFN3S2. The molecule has 0 fully saturated rings. The summed E-state index contributed by atoms with van der Waals surface area (Å²) in [6, 6.07) is 14.2. The van der Waals surface area contributed by atoms with E-state index in [-0.39, 0.29) is 5.02 Å². The zero-order valence-electron chi connectivity index (χ0n) is 12.9. The van der Waals surface area contributed by atoms with E-state index in [1.165, 1.54) is 6.07 Å². The summed E-state index contributed by atoms with van der Waals surface area (Å²) in [6.45, 7) is 2.82. The highest BCUT2D eigenvalue weighted by Crippen LogP contribution is 2.30. The van der Waals surface area contributed by atoms with Gasteiger partial charge >= 0.3 is 0 Å². The van der Waals surface area contributed by atoms with Crippen LogP contribution in [0.2, 0.25) is 5.02 Å². The van der Waals surface area contributed by atoms with Crippen molar-refractivity contribution in [1.82, 2.24) is 0 Å². The highest BCUT2D eigenvalue weighted by Gasteiger charge is 2.26. The second kappa shape index (κ2) is 7.51. The summed E-state index contributed by atoms with van der Waals surface area (Å²) in [5.74, 6) is -0.461. The van der Waals surface area contributed by atoms with Crippen LogP contribution in [0.3, 0.4) is 0 Å². The lowest BCUT2D eigenvalue weighted by Crippen LogP contribution is -2.38. The van der Waals surface area contributed by atoms with Crippen molar-refractivity contribution in [2.75, 3.05) is 16.8 Å². The molecule has 0 saturated carbocycles. The van der Waals surface area contributed by atoms with Gasteiger partial charge in [-0.2, -0.15) is 0 Å². The first-order valence-electron chi connectivity index (χ1n) is 7.37. The molecule has 1 atom stereocenters. The van der Waals surface area contributed by atoms with Crippen molar-refractivity contribution >= 4 is 57.2 Å². The number of amidine groups is 1. The van der Waals surface area contributed by atoms with E-state index in [0.29, 0.717) is 16.0 Å². The van der Waals surface area contributed by atoms with Gasteiger partial charge in [0, 0.05) is 10.9 Å².